The summed E-state index contributed by atoms with van der Waals surface area (Å²) in [6.45, 7) is 1.22. The summed E-state index contributed by atoms with van der Waals surface area (Å²) < 4.78 is 11.4. The van der Waals surface area contributed by atoms with Crippen LogP contribution in [0.2, 0.25) is 0 Å². The number of nitrogens with zero attached hydrogens (tertiary/aromatic N) is 1. The Balaban J connectivity index is 1.62. The lowest BCUT2D eigenvalue weighted by atomic mass is 10.1. The first-order valence-electron chi connectivity index (χ1n) is 7.17. The Labute approximate surface area is 140 Å². The van der Waals surface area contributed by atoms with Gasteiger partial charge in [0.15, 0.2) is 0 Å². The van der Waals surface area contributed by atoms with Gasteiger partial charge in [0.1, 0.15) is 18.5 Å². The number of amides is 2. The molecule has 1 atom stereocenters. The number of hydrogen-bond donors (Lipinski definition) is 0. The SMILES string of the molecule is O=C1c2ccccc2C(=O)N1c1ccc(OCC2CO2)c(Br)c1. The molecule has 116 valence electrons. The van der Waals surface area contributed by atoms with Crippen LogP contribution < -0.4 is 9.64 Å². The Bertz CT molecular complexity index is 781. The molecule has 1 unspecified atom stereocenters. The molecule has 6 heteroatoms. The van der Waals surface area contributed by atoms with Crippen LogP contribution >= 0.6 is 15.9 Å². The molecular weight excluding hydrogens is 362 g/mol. The molecule has 0 saturated carbocycles. The van der Waals surface area contributed by atoms with Crippen molar-refractivity contribution in [2.45, 2.75) is 6.10 Å². The van der Waals surface area contributed by atoms with Crippen molar-refractivity contribution in [2.75, 3.05) is 18.1 Å². The van der Waals surface area contributed by atoms with Crippen molar-refractivity contribution in [1.29, 1.82) is 0 Å². The third kappa shape index (κ3) is 2.54. The van der Waals surface area contributed by atoms with Crippen LogP contribution in [0.15, 0.2) is 46.9 Å². The maximum absolute atomic E-state index is 12.5. The Morgan fingerprint density at radius 3 is 2.35 bits per heavy atom. The molecule has 0 radical (unpaired) electrons. The number of benzene rings is 2. The van der Waals surface area contributed by atoms with Crippen molar-refractivity contribution in [1.82, 2.24) is 0 Å². The molecule has 2 aliphatic heterocycles. The molecule has 4 rings (SSSR count). The van der Waals surface area contributed by atoms with Crippen molar-refractivity contribution in [2.24, 2.45) is 0 Å². The highest BCUT2D eigenvalue weighted by molar-refractivity contribution is 9.10. The zero-order valence-corrected chi connectivity index (χ0v) is 13.6. The summed E-state index contributed by atoms with van der Waals surface area (Å²) >= 11 is 3.42. The first-order chi connectivity index (χ1) is 11.1. The zero-order valence-electron chi connectivity index (χ0n) is 12.0. The minimum absolute atomic E-state index is 0.165. The van der Waals surface area contributed by atoms with E-state index in [4.69, 9.17) is 9.47 Å². The van der Waals surface area contributed by atoms with Crippen molar-refractivity contribution in [3.63, 3.8) is 0 Å². The van der Waals surface area contributed by atoms with Crippen LogP contribution in [-0.4, -0.2) is 31.1 Å². The molecule has 0 aromatic heterocycles. The summed E-state index contributed by atoms with van der Waals surface area (Å²) in [7, 11) is 0. The molecule has 2 amide bonds. The second-order valence-corrected chi connectivity index (χ2v) is 6.23. The van der Waals surface area contributed by atoms with E-state index in [0.717, 1.165) is 6.61 Å². The average molecular weight is 374 g/mol. The first kappa shape index (κ1) is 14.4. The molecule has 0 spiro atoms. The topological polar surface area (TPSA) is 59.1 Å². The zero-order chi connectivity index (χ0) is 16.0. The number of carbonyl (C=O) groups excluding carboxylic acids is 2. The second-order valence-electron chi connectivity index (χ2n) is 5.37. The van der Waals surface area contributed by atoms with E-state index in [9.17, 15) is 9.59 Å². The van der Waals surface area contributed by atoms with Gasteiger partial charge in [-0.25, -0.2) is 4.90 Å². The standard InChI is InChI=1S/C17H12BrNO4/c18-14-7-10(5-6-15(14)23-9-11-8-22-11)19-16(20)12-3-1-2-4-13(12)17(19)21/h1-7,11H,8-9H2. The monoisotopic (exact) mass is 373 g/mol. The highest BCUT2D eigenvalue weighted by Crippen LogP contribution is 2.34. The number of rotatable bonds is 4. The number of hydrogen-bond acceptors (Lipinski definition) is 4. The van der Waals surface area contributed by atoms with Gasteiger partial charge in [-0.15, -0.1) is 0 Å². The molecular formula is C17H12BrNO4. The lowest BCUT2D eigenvalue weighted by Crippen LogP contribution is -2.29. The summed E-state index contributed by atoms with van der Waals surface area (Å²) in [4.78, 5) is 26.1. The number of carbonyl (C=O) groups is 2. The van der Waals surface area contributed by atoms with Crippen molar-refractivity contribution in [3.05, 3.63) is 58.1 Å². The maximum Gasteiger partial charge on any atom is 0.266 e. The number of fused-ring (bicyclic) bond motifs is 1. The number of epoxide rings is 1. The van der Waals surface area contributed by atoms with E-state index in [0.29, 0.717) is 33.6 Å². The molecule has 2 aromatic carbocycles. The molecule has 2 aromatic rings. The number of halogens is 1. The normalized spacial score (nSPS) is 19.0. The molecule has 1 saturated heterocycles. The Morgan fingerprint density at radius 1 is 1.13 bits per heavy atom. The van der Waals surface area contributed by atoms with Gasteiger partial charge in [0.2, 0.25) is 0 Å². The van der Waals surface area contributed by atoms with Gasteiger partial charge in [0, 0.05) is 0 Å². The molecule has 2 aliphatic rings. The molecule has 5 nitrogen and oxygen atoms in total. The Kier molecular flexibility index (Phi) is 3.43. The fourth-order valence-corrected chi connectivity index (χ4v) is 3.00. The molecule has 2 heterocycles. The summed E-state index contributed by atoms with van der Waals surface area (Å²) in [5.74, 6) is 0.0379. The summed E-state index contributed by atoms with van der Waals surface area (Å²) in [6.07, 6.45) is 0.165. The lowest BCUT2D eigenvalue weighted by Gasteiger charge is -2.15. The molecule has 1 fully saturated rings. The van der Waals surface area contributed by atoms with Gasteiger partial charge in [-0.3, -0.25) is 9.59 Å². The fourth-order valence-electron chi connectivity index (χ4n) is 2.52. The molecule has 0 aliphatic carbocycles. The van der Waals surface area contributed by atoms with E-state index in [2.05, 4.69) is 15.9 Å². The van der Waals surface area contributed by atoms with Crippen LogP contribution in [0.1, 0.15) is 20.7 Å². The van der Waals surface area contributed by atoms with Gasteiger partial charge in [0.25, 0.3) is 11.8 Å². The van der Waals surface area contributed by atoms with Crippen molar-refractivity contribution < 1.29 is 19.1 Å². The van der Waals surface area contributed by atoms with Gasteiger partial charge in [-0.05, 0) is 46.3 Å². The van der Waals surface area contributed by atoms with Crippen molar-refractivity contribution in [3.8, 4) is 5.75 Å². The second kappa shape index (κ2) is 5.47. The number of imide groups is 1. The van der Waals surface area contributed by atoms with Crippen LogP contribution in [0.5, 0.6) is 5.75 Å². The van der Waals surface area contributed by atoms with Crippen LogP contribution in [-0.2, 0) is 4.74 Å². The predicted molar refractivity (Wildman–Crippen MR) is 87.0 cm³/mol. The minimum atomic E-state index is -0.308. The Morgan fingerprint density at radius 2 is 1.78 bits per heavy atom. The average Bonchev–Trinajstić information content (AvgIpc) is 3.34. The van der Waals surface area contributed by atoms with Gasteiger partial charge >= 0.3 is 0 Å². The van der Waals surface area contributed by atoms with Crippen LogP contribution in [0.25, 0.3) is 0 Å². The number of anilines is 1. The fraction of sp³-hybridized carbons (Fsp3) is 0.176. The third-order valence-electron chi connectivity index (χ3n) is 3.79. The van der Waals surface area contributed by atoms with Gasteiger partial charge in [0.05, 0.1) is 27.9 Å². The van der Waals surface area contributed by atoms with E-state index in [-0.39, 0.29) is 17.9 Å². The highest BCUT2D eigenvalue weighted by atomic mass is 79.9. The lowest BCUT2D eigenvalue weighted by molar-refractivity contribution is 0.0926. The van der Waals surface area contributed by atoms with Gasteiger partial charge in [-0.1, -0.05) is 12.1 Å². The van der Waals surface area contributed by atoms with E-state index >= 15 is 0 Å². The quantitative estimate of drug-likeness (QED) is 0.610. The smallest absolute Gasteiger partial charge is 0.266 e. The highest BCUT2D eigenvalue weighted by Gasteiger charge is 2.36. The molecule has 0 bridgehead atoms. The minimum Gasteiger partial charge on any atom is -0.490 e. The largest absolute Gasteiger partial charge is 0.490 e. The van der Waals surface area contributed by atoms with Crippen LogP contribution in [0.4, 0.5) is 5.69 Å². The molecule has 23 heavy (non-hydrogen) atoms. The van der Waals surface area contributed by atoms with Gasteiger partial charge in [-0.2, -0.15) is 0 Å². The van der Waals surface area contributed by atoms with Crippen LogP contribution in [0.3, 0.4) is 0 Å². The van der Waals surface area contributed by atoms with E-state index in [1.165, 1.54) is 4.90 Å². The van der Waals surface area contributed by atoms with E-state index < -0.39 is 0 Å². The predicted octanol–water partition coefficient (Wildman–Crippen LogP) is 3.03. The first-order valence-corrected chi connectivity index (χ1v) is 7.96. The summed E-state index contributed by atoms with van der Waals surface area (Å²) in [6, 6.07) is 12.0. The number of ether oxygens (including phenoxy) is 2. The van der Waals surface area contributed by atoms with E-state index in [1.54, 1.807) is 42.5 Å². The maximum atomic E-state index is 12.5. The molecule has 0 N–H and O–H groups in total. The summed E-state index contributed by atoms with van der Waals surface area (Å²) in [5, 5.41) is 0. The third-order valence-corrected chi connectivity index (χ3v) is 4.41. The van der Waals surface area contributed by atoms with Crippen LogP contribution in [0, 0.1) is 0 Å². The van der Waals surface area contributed by atoms with Gasteiger partial charge < -0.3 is 9.47 Å². The summed E-state index contributed by atoms with van der Waals surface area (Å²) in [5.41, 5.74) is 1.37. The Hall–Kier alpha value is -2.18. The van der Waals surface area contributed by atoms with Crippen molar-refractivity contribution >= 4 is 33.4 Å². The van der Waals surface area contributed by atoms with E-state index in [1.807, 2.05) is 0 Å².